The van der Waals surface area contributed by atoms with Gasteiger partial charge in [0, 0.05) is 0 Å². The third kappa shape index (κ3) is 4.18. The van der Waals surface area contributed by atoms with E-state index in [0.717, 1.165) is 37.0 Å². The Morgan fingerprint density at radius 3 is 2.17 bits per heavy atom. The van der Waals surface area contributed by atoms with E-state index in [-0.39, 0.29) is 22.6 Å². The summed E-state index contributed by atoms with van der Waals surface area (Å²) in [5.74, 6) is -0.424. The van der Waals surface area contributed by atoms with Gasteiger partial charge in [0.05, 0.1) is 11.1 Å². The van der Waals surface area contributed by atoms with Gasteiger partial charge in [0.15, 0.2) is 0 Å². The van der Waals surface area contributed by atoms with E-state index in [0.29, 0.717) is 6.42 Å². The SMILES string of the molecule is CCCCCc1cc(O)c(-c2cccc(C(F)(F)F)c2)c(O)c1. The summed E-state index contributed by atoms with van der Waals surface area (Å²) in [5, 5.41) is 20.3. The zero-order valence-corrected chi connectivity index (χ0v) is 12.8. The Hall–Kier alpha value is -2.17. The number of halogens is 3. The Labute approximate surface area is 133 Å². The first-order valence-corrected chi connectivity index (χ1v) is 7.55. The van der Waals surface area contributed by atoms with Crippen LogP contribution in [0, 0.1) is 0 Å². The van der Waals surface area contributed by atoms with Crippen molar-refractivity contribution in [3.63, 3.8) is 0 Å². The van der Waals surface area contributed by atoms with E-state index in [1.54, 1.807) is 0 Å². The number of aromatic hydroxyl groups is 2. The first-order valence-electron chi connectivity index (χ1n) is 7.55. The molecule has 0 heterocycles. The van der Waals surface area contributed by atoms with E-state index in [2.05, 4.69) is 6.92 Å². The molecular weight excluding hydrogens is 305 g/mol. The lowest BCUT2D eigenvalue weighted by molar-refractivity contribution is -0.137. The highest BCUT2D eigenvalue weighted by Gasteiger charge is 2.30. The molecule has 23 heavy (non-hydrogen) atoms. The third-order valence-corrected chi connectivity index (χ3v) is 3.70. The number of benzene rings is 2. The molecule has 0 radical (unpaired) electrons. The number of phenolic OH excluding ortho intramolecular Hbond substituents is 2. The van der Waals surface area contributed by atoms with Crippen molar-refractivity contribution in [2.75, 3.05) is 0 Å². The van der Waals surface area contributed by atoms with Crippen molar-refractivity contribution in [1.82, 2.24) is 0 Å². The van der Waals surface area contributed by atoms with Crippen molar-refractivity contribution in [2.45, 2.75) is 38.8 Å². The lowest BCUT2D eigenvalue weighted by atomic mass is 9.97. The van der Waals surface area contributed by atoms with Gasteiger partial charge in [-0.25, -0.2) is 0 Å². The first kappa shape index (κ1) is 17.2. The topological polar surface area (TPSA) is 40.5 Å². The van der Waals surface area contributed by atoms with Crippen LogP contribution in [0.4, 0.5) is 13.2 Å². The van der Waals surface area contributed by atoms with Crippen LogP contribution in [0.25, 0.3) is 11.1 Å². The van der Waals surface area contributed by atoms with Crippen LogP contribution in [0.3, 0.4) is 0 Å². The molecule has 0 aliphatic heterocycles. The van der Waals surface area contributed by atoms with Gasteiger partial charge >= 0.3 is 6.18 Å². The maximum atomic E-state index is 12.8. The van der Waals surface area contributed by atoms with Crippen molar-refractivity contribution >= 4 is 0 Å². The van der Waals surface area contributed by atoms with Gasteiger partial charge < -0.3 is 10.2 Å². The number of rotatable bonds is 5. The van der Waals surface area contributed by atoms with Gasteiger partial charge in [0.25, 0.3) is 0 Å². The molecule has 0 atom stereocenters. The molecule has 0 saturated carbocycles. The van der Waals surface area contributed by atoms with E-state index >= 15 is 0 Å². The van der Waals surface area contributed by atoms with E-state index < -0.39 is 11.7 Å². The summed E-state index contributed by atoms with van der Waals surface area (Å²) in [5.41, 5.74) is 0.107. The molecule has 0 amide bonds. The van der Waals surface area contributed by atoms with Crippen LogP contribution in [-0.4, -0.2) is 10.2 Å². The maximum absolute atomic E-state index is 12.8. The summed E-state index contributed by atoms with van der Waals surface area (Å²) >= 11 is 0. The average molecular weight is 324 g/mol. The molecule has 2 aromatic rings. The Morgan fingerprint density at radius 2 is 1.61 bits per heavy atom. The fraction of sp³-hybridized carbons (Fsp3) is 0.333. The molecule has 2 nitrogen and oxygen atoms in total. The Balaban J connectivity index is 2.37. The number of phenols is 2. The quantitative estimate of drug-likeness (QED) is 0.711. The smallest absolute Gasteiger partial charge is 0.416 e. The Morgan fingerprint density at radius 1 is 0.957 bits per heavy atom. The molecule has 0 aromatic heterocycles. The fourth-order valence-corrected chi connectivity index (χ4v) is 2.54. The minimum Gasteiger partial charge on any atom is -0.507 e. The van der Waals surface area contributed by atoms with Gasteiger partial charge in [-0.3, -0.25) is 0 Å². The van der Waals surface area contributed by atoms with E-state index in [9.17, 15) is 23.4 Å². The largest absolute Gasteiger partial charge is 0.507 e. The molecule has 0 aliphatic rings. The van der Waals surface area contributed by atoms with Crippen LogP contribution >= 0.6 is 0 Å². The van der Waals surface area contributed by atoms with Crippen LogP contribution in [0.15, 0.2) is 36.4 Å². The molecule has 124 valence electrons. The maximum Gasteiger partial charge on any atom is 0.416 e. The molecule has 2 aromatic carbocycles. The predicted molar refractivity (Wildman–Crippen MR) is 83.4 cm³/mol. The van der Waals surface area contributed by atoms with E-state index in [1.807, 2.05) is 0 Å². The third-order valence-electron chi connectivity index (χ3n) is 3.70. The lowest BCUT2D eigenvalue weighted by Gasteiger charge is -2.13. The van der Waals surface area contributed by atoms with Crippen molar-refractivity contribution in [3.05, 3.63) is 47.5 Å². The zero-order valence-electron chi connectivity index (χ0n) is 12.8. The number of hydrogen-bond donors (Lipinski definition) is 2. The van der Waals surface area contributed by atoms with Gasteiger partial charge in [-0.05, 0) is 48.2 Å². The highest BCUT2D eigenvalue weighted by atomic mass is 19.4. The number of alkyl halides is 3. The summed E-state index contributed by atoms with van der Waals surface area (Å²) in [7, 11) is 0. The molecule has 0 fully saturated rings. The second kappa shape index (κ2) is 6.94. The van der Waals surface area contributed by atoms with Crippen molar-refractivity contribution in [3.8, 4) is 22.6 Å². The van der Waals surface area contributed by atoms with E-state index in [1.165, 1.54) is 24.3 Å². The second-order valence-corrected chi connectivity index (χ2v) is 5.54. The lowest BCUT2D eigenvalue weighted by Crippen LogP contribution is -2.04. The minimum absolute atomic E-state index is 0.0235. The average Bonchev–Trinajstić information content (AvgIpc) is 2.46. The zero-order chi connectivity index (χ0) is 17.0. The van der Waals surface area contributed by atoms with Crippen LogP contribution in [0.1, 0.15) is 37.3 Å². The summed E-state index contributed by atoms with van der Waals surface area (Å²) in [6.45, 7) is 2.08. The molecule has 0 bridgehead atoms. The number of unbranched alkanes of at least 4 members (excludes halogenated alkanes) is 2. The van der Waals surface area contributed by atoms with Gasteiger partial charge in [-0.2, -0.15) is 13.2 Å². The minimum atomic E-state index is -4.47. The number of hydrogen-bond acceptors (Lipinski definition) is 2. The molecule has 0 saturated heterocycles. The summed E-state index contributed by atoms with van der Waals surface area (Å²) in [4.78, 5) is 0. The normalized spacial score (nSPS) is 11.7. The van der Waals surface area contributed by atoms with E-state index in [4.69, 9.17) is 0 Å². The monoisotopic (exact) mass is 324 g/mol. The molecule has 0 unspecified atom stereocenters. The van der Waals surface area contributed by atoms with Gasteiger partial charge in [-0.15, -0.1) is 0 Å². The summed E-state index contributed by atoms with van der Waals surface area (Å²) in [6, 6.07) is 7.57. The number of aryl methyl sites for hydroxylation is 1. The molecule has 2 rings (SSSR count). The Bertz CT molecular complexity index is 655. The Kier molecular flexibility index (Phi) is 5.19. The van der Waals surface area contributed by atoms with Gasteiger partial charge in [0.1, 0.15) is 11.5 Å². The fourth-order valence-electron chi connectivity index (χ4n) is 2.54. The molecule has 0 aliphatic carbocycles. The van der Waals surface area contributed by atoms with Crippen LogP contribution < -0.4 is 0 Å². The first-order chi connectivity index (χ1) is 10.8. The highest BCUT2D eigenvalue weighted by Crippen LogP contribution is 2.40. The van der Waals surface area contributed by atoms with Crippen LogP contribution in [0.5, 0.6) is 11.5 Å². The van der Waals surface area contributed by atoms with Crippen molar-refractivity contribution < 1.29 is 23.4 Å². The second-order valence-electron chi connectivity index (χ2n) is 5.54. The van der Waals surface area contributed by atoms with Crippen LogP contribution in [-0.2, 0) is 12.6 Å². The summed E-state index contributed by atoms with van der Waals surface area (Å²) in [6.07, 6.45) is -0.741. The van der Waals surface area contributed by atoms with Crippen molar-refractivity contribution in [1.29, 1.82) is 0 Å². The molecule has 2 N–H and O–H groups in total. The van der Waals surface area contributed by atoms with Crippen molar-refractivity contribution in [2.24, 2.45) is 0 Å². The van der Waals surface area contributed by atoms with Crippen LogP contribution in [0.2, 0.25) is 0 Å². The highest BCUT2D eigenvalue weighted by molar-refractivity contribution is 5.77. The molecular formula is C18H19F3O2. The standard InChI is InChI=1S/C18H19F3O2/c1-2-3-4-6-12-9-15(22)17(16(23)10-12)13-7-5-8-14(11-13)18(19,20)21/h5,7-11,22-23H,2-4,6H2,1H3. The van der Waals surface area contributed by atoms with Gasteiger partial charge in [-0.1, -0.05) is 31.9 Å². The van der Waals surface area contributed by atoms with Gasteiger partial charge in [0.2, 0.25) is 0 Å². The predicted octanol–water partition coefficient (Wildman–Crippen LogP) is 5.52. The summed E-state index contributed by atoms with van der Waals surface area (Å²) < 4.78 is 38.4. The molecule has 5 heteroatoms. The molecule has 0 spiro atoms.